The molecular weight excluding hydrogens is 494 g/mol. The van der Waals surface area contributed by atoms with Crippen LogP contribution in [-0.2, 0) is 25.6 Å². The smallest absolute Gasteiger partial charge is 0.276 e. The largest absolute Gasteiger partial charge is 0.371 e. The van der Waals surface area contributed by atoms with E-state index in [4.69, 9.17) is 14.2 Å². The molecule has 3 aromatic rings. The Morgan fingerprint density at radius 2 is 1.89 bits per heavy atom. The topological polar surface area (TPSA) is 106 Å². The molecule has 194 valence electrons. The quantitative estimate of drug-likeness (QED) is 0.480. The van der Waals surface area contributed by atoms with Crippen molar-refractivity contribution in [2.75, 3.05) is 56.2 Å². The van der Waals surface area contributed by atoms with Gasteiger partial charge in [-0.05, 0) is 17.7 Å². The normalized spacial score (nSPS) is 16.2. The summed E-state index contributed by atoms with van der Waals surface area (Å²) in [5.74, 6) is -0.224. The van der Waals surface area contributed by atoms with Gasteiger partial charge in [0.1, 0.15) is 5.69 Å². The van der Waals surface area contributed by atoms with E-state index < -0.39 is 0 Å². The third kappa shape index (κ3) is 6.31. The summed E-state index contributed by atoms with van der Waals surface area (Å²) in [6.07, 6.45) is 1.39. The van der Waals surface area contributed by atoms with Crippen molar-refractivity contribution in [2.45, 2.75) is 19.8 Å². The second-order valence-corrected chi connectivity index (χ2v) is 9.59. The summed E-state index contributed by atoms with van der Waals surface area (Å²) in [5, 5.41) is 5.26. The molecule has 5 rings (SSSR count). The molecule has 2 aromatic heterocycles. The average molecular weight is 524 g/mol. The lowest BCUT2D eigenvalue weighted by molar-refractivity contribution is -0.129. The molecule has 0 atom stereocenters. The number of anilines is 2. The first-order valence-electron chi connectivity index (χ1n) is 12.2. The first-order chi connectivity index (χ1) is 18.1. The molecular formula is C26H29N5O5S. The summed E-state index contributed by atoms with van der Waals surface area (Å²) in [7, 11) is 0. The summed E-state index contributed by atoms with van der Waals surface area (Å²) in [6, 6.07) is 11.5. The van der Waals surface area contributed by atoms with Crippen molar-refractivity contribution < 1.29 is 23.8 Å². The third-order valence-corrected chi connectivity index (χ3v) is 7.05. The van der Waals surface area contributed by atoms with Gasteiger partial charge in [-0.3, -0.25) is 14.9 Å². The van der Waals surface area contributed by atoms with Gasteiger partial charge >= 0.3 is 0 Å². The minimum atomic E-state index is -0.318. The fourth-order valence-electron chi connectivity index (χ4n) is 4.27. The predicted octanol–water partition coefficient (Wildman–Crippen LogP) is 3.02. The molecule has 4 heterocycles. The lowest BCUT2D eigenvalue weighted by atomic mass is 10.1. The Balaban J connectivity index is 1.18. The highest BCUT2D eigenvalue weighted by Gasteiger charge is 2.20. The van der Waals surface area contributed by atoms with Crippen molar-refractivity contribution in [1.82, 2.24) is 14.9 Å². The average Bonchev–Trinajstić information content (AvgIpc) is 3.62. The first-order valence-corrected chi connectivity index (χ1v) is 13.1. The Labute approximate surface area is 219 Å². The standard InChI is InChI=1S/C26H29N5O5S/c1-18(32)30-8-10-31(11-9-30)20-6-7-22(27-14-20)25(33)29-26-28-23(17-37-26)21-5-3-2-4-19(21)15-34-16-24-35-12-13-36-24/h2-7,14,17,24H,8-13,15-16H2,1H3,(H,28,29,33). The van der Waals surface area contributed by atoms with Gasteiger partial charge in [-0.15, -0.1) is 11.3 Å². The highest BCUT2D eigenvalue weighted by molar-refractivity contribution is 7.14. The molecule has 0 aliphatic carbocycles. The highest BCUT2D eigenvalue weighted by Crippen LogP contribution is 2.28. The molecule has 0 saturated carbocycles. The zero-order chi connectivity index (χ0) is 25.6. The van der Waals surface area contributed by atoms with E-state index in [-0.39, 0.29) is 18.1 Å². The number of aromatic nitrogens is 2. The molecule has 37 heavy (non-hydrogen) atoms. The number of piperazine rings is 1. The minimum Gasteiger partial charge on any atom is -0.371 e. The van der Waals surface area contributed by atoms with Crippen LogP contribution in [-0.4, -0.2) is 79.0 Å². The Morgan fingerprint density at radius 1 is 1.11 bits per heavy atom. The Bertz CT molecular complexity index is 1220. The molecule has 2 amide bonds. The maximum atomic E-state index is 12.8. The van der Waals surface area contributed by atoms with Crippen LogP contribution >= 0.6 is 11.3 Å². The van der Waals surface area contributed by atoms with Crippen molar-refractivity contribution in [2.24, 2.45) is 0 Å². The first kappa shape index (κ1) is 25.3. The van der Waals surface area contributed by atoms with Gasteiger partial charge in [0.05, 0.1) is 44.0 Å². The maximum Gasteiger partial charge on any atom is 0.276 e. The van der Waals surface area contributed by atoms with E-state index >= 15 is 0 Å². The second kappa shape index (κ2) is 11.8. The molecule has 1 N–H and O–H groups in total. The molecule has 2 aliphatic heterocycles. The number of hydrogen-bond donors (Lipinski definition) is 1. The molecule has 0 spiro atoms. The van der Waals surface area contributed by atoms with E-state index in [2.05, 4.69) is 20.2 Å². The number of carbonyl (C=O) groups is 2. The number of benzene rings is 1. The van der Waals surface area contributed by atoms with E-state index in [0.29, 0.717) is 50.3 Å². The summed E-state index contributed by atoms with van der Waals surface area (Å²) >= 11 is 1.36. The van der Waals surface area contributed by atoms with Crippen molar-refractivity contribution in [3.05, 3.63) is 59.2 Å². The van der Waals surface area contributed by atoms with Crippen molar-refractivity contribution in [3.63, 3.8) is 0 Å². The van der Waals surface area contributed by atoms with Crippen molar-refractivity contribution in [3.8, 4) is 11.3 Å². The number of rotatable bonds is 8. The number of amides is 2. The Morgan fingerprint density at radius 3 is 2.62 bits per heavy atom. The monoisotopic (exact) mass is 523 g/mol. The molecule has 0 bridgehead atoms. The lowest BCUT2D eigenvalue weighted by Gasteiger charge is -2.35. The van der Waals surface area contributed by atoms with Crippen LogP contribution in [0.1, 0.15) is 23.0 Å². The van der Waals surface area contributed by atoms with Crippen LogP contribution in [0.2, 0.25) is 0 Å². The molecule has 0 radical (unpaired) electrons. The van der Waals surface area contributed by atoms with Crippen LogP contribution in [0.25, 0.3) is 11.3 Å². The van der Waals surface area contributed by atoms with E-state index in [0.717, 1.165) is 35.6 Å². The Kier molecular flexibility index (Phi) is 8.05. The lowest BCUT2D eigenvalue weighted by Crippen LogP contribution is -2.48. The fourth-order valence-corrected chi connectivity index (χ4v) is 4.97. The van der Waals surface area contributed by atoms with Crippen LogP contribution in [0.3, 0.4) is 0 Å². The van der Waals surface area contributed by atoms with E-state index in [1.807, 2.05) is 40.6 Å². The number of pyridine rings is 1. The number of thiazole rings is 1. The SMILES string of the molecule is CC(=O)N1CCN(c2ccc(C(=O)Nc3nc(-c4ccccc4COCC4OCCO4)cs3)nc2)CC1. The number of ether oxygens (including phenoxy) is 3. The molecule has 10 nitrogen and oxygen atoms in total. The molecule has 2 aliphatic rings. The zero-order valence-corrected chi connectivity index (χ0v) is 21.4. The maximum absolute atomic E-state index is 12.8. The second-order valence-electron chi connectivity index (χ2n) is 8.73. The third-order valence-electron chi connectivity index (χ3n) is 6.29. The van der Waals surface area contributed by atoms with Crippen LogP contribution in [0.5, 0.6) is 0 Å². The van der Waals surface area contributed by atoms with Gasteiger partial charge in [0.15, 0.2) is 11.4 Å². The van der Waals surface area contributed by atoms with Crippen LogP contribution in [0, 0.1) is 0 Å². The van der Waals surface area contributed by atoms with E-state index in [1.54, 1.807) is 19.2 Å². The zero-order valence-electron chi connectivity index (χ0n) is 20.6. The molecule has 2 fully saturated rings. The Hall–Kier alpha value is -3.38. The van der Waals surface area contributed by atoms with Gasteiger partial charge in [0.2, 0.25) is 5.91 Å². The van der Waals surface area contributed by atoms with Gasteiger partial charge in [-0.2, -0.15) is 0 Å². The predicted molar refractivity (Wildman–Crippen MR) is 140 cm³/mol. The van der Waals surface area contributed by atoms with E-state index in [9.17, 15) is 9.59 Å². The molecule has 1 aromatic carbocycles. The molecule has 11 heteroatoms. The van der Waals surface area contributed by atoms with Gasteiger partial charge in [0, 0.05) is 44.0 Å². The highest BCUT2D eigenvalue weighted by atomic mass is 32.1. The minimum absolute atomic E-state index is 0.0940. The number of hydrogen-bond acceptors (Lipinski definition) is 9. The van der Waals surface area contributed by atoms with Crippen molar-refractivity contribution >= 4 is 34.0 Å². The summed E-state index contributed by atoms with van der Waals surface area (Å²) in [6.45, 7) is 6.39. The number of nitrogens with zero attached hydrogens (tertiary/aromatic N) is 4. The summed E-state index contributed by atoms with van der Waals surface area (Å²) in [5.41, 5.74) is 3.94. The summed E-state index contributed by atoms with van der Waals surface area (Å²) < 4.78 is 16.6. The van der Waals surface area contributed by atoms with Gasteiger partial charge in [-0.25, -0.2) is 9.97 Å². The molecule has 2 saturated heterocycles. The van der Waals surface area contributed by atoms with Crippen LogP contribution < -0.4 is 10.2 Å². The number of nitrogens with one attached hydrogen (secondary N) is 1. The summed E-state index contributed by atoms with van der Waals surface area (Å²) in [4.78, 5) is 37.3. The van der Waals surface area contributed by atoms with Gasteiger partial charge < -0.3 is 24.0 Å². The van der Waals surface area contributed by atoms with Crippen LogP contribution in [0.15, 0.2) is 48.0 Å². The van der Waals surface area contributed by atoms with Crippen molar-refractivity contribution in [1.29, 1.82) is 0 Å². The molecule has 0 unspecified atom stereocenters. The van der Waals surface area contributed by atoms with Crippen LogP contribution in [0.4, 0.5) is 10.8 Å². The fraction of sp³-hybridized carbons (Fsp3) is 0.385. The van der Waals surface area contributed by atoms with Gasteiger partial charge in [0.25, 0.3) is 5.91 Å². The van der Waals surface area contributed by atoms with Gasteiger partial charge in [-0.1, -0.05) is 24.3 Å². The van der Waals surface area contributed by atoms with E-state index in [1.165, 1.54) is 11.3 Å². The number of carbonyl (C=O) groups excluding carboxylic acids is 2.